The van der Waals surface area contributed by atoms with Gasteiger partial charge in [-0.2, -0.15) is 0 Å². The molecule has 2 heterocycles. The first-order valence-corrected chi connectivity index (χ1v) is 6.07. The van der Waals surface area contributed by atoms with Crippen LogP contribution in [0.4, 0.5) is 4.39 Å². The number of likely N-dealkylation sites (tertiary alicyclic amines) is 1. The summed E-state index contributed by atoms with van der Waals surface area (Å²) in [5.41, 5.74) is 0. The fourth-order valence-electron chi connectivity index (χ4n) is 1.68. The van der Waals surface area contributed by atoms with E-state index >= 15 is 0 Å². The number of alkyl halides is 1. The lowest BCUT2D eigenvalue weighted by molar-refractivity contribution is 0.0789. The van der Waals surface area contributed by atoms with Gasteiger partial charge in [0.2, 0.25) is 0 Å². The molecule has 0 bridgehead atoms. The molecule has 0 spiro atoms. The van der Waals surface area contributed by atoms with Gasteiger partial charge in [-0.3, -0.25) is 4.79 Å². The molecule has 1 aliphatic rings. The second-order valence-electron chi connectivity index (χ2n) is 3.80. The summed E-state index contributed by atoms with van der Waals surface area (Å²) in [6.07, 6.45) is 0. The maximum absolute atomic E-state index is 13.2. The Morgan fingerprint density at radius 3 is 2.87 bits per heavy atom. The van der Waals surface area contributed by atoms with E-state index in [4.69, 9.17) is 11.6 Å². The number of hydrogen-bond donors (Lipinski definition) is 0. The zero-order chi connectivity index (χ0) is 11.0. The van der Waals surface area contributed by atoms with Crippen molar-refractivity contribution in [2.45, 2.75) is 12.3 Å². The minimum atomic E-state index is -0.435. The zero-order valence-electron chi connectivity index (χ0n) is 8.24. The van der Waals surface area contributed by atoms with Crippen LogP contribution in [0.5, 0.6) is 0 Å². The molecule has 0 radical (unpaired) electrons. The van der Waals surface area contributed by atoms with E-state index < -0.39 is 5.82 Å². The normalized spacial score (nSPS) is 25.9. The number of halogens is 2. The standard InChI is InChI=1S/C10H11ClFNOS/c1-6-4-13(5-7(6)11)10(14)9-8(12)2-3-15-9/h2-3,6-7H,4-5H2,1H3. The van der Waals surface area contributed by atoms with Gasteiger partial charge in [0.1, 0.15) is 10.7 Å². The fourth-order valence-corrected chi connectivity index (χ4v) is 2.66. The van der Waals surface area contributed by atoms with E-state index in [-0.39, 0.29) is 22.1 Å². The highest BCUT2D eigenvalue weighted by molar-refractivity contribution is 7.12. The molecular weight excluding hydrogens is 237 g/mol. The first-order chi connectivity index (χ1) is 7.09. The summed E-state index contributed by atoms with van der Waals surface area (Å²) < 4.78 is 13.2. The molecule has 2 rings (SSSR count). The molecule has 0 aliphatic carbocycles. The molecule has 0 saturated carbocycles. The van der Waals surface area contributed by atoms with Crippen molar-refractivity contribution in [3.63, 3.8) is 0 Å². The van der Waals surface area contributed by atoms with Crippen LogP contribution >= 0.6 is 22.9 Å². The first-order valence-electron chi connectivity index (χ1n) is 4.76. The quantitative estimate of drug-likeness (QED) is 0.699. The van der Waals surface area contributed by atoms with E-state index in [0.717, 1.165) is 11.3 Å². The second kappa shape index (κ2) is 4.10. The molecule has 0 N–H and O–H groups in total. The second-order valence-corrected chi connectivity index (χ2v) is 5.28. The summed E-state index contributed by atoms with van der Waals surface area (Å²) in [6, 6.07) is 1.32. The van der Waals surface area contributed by atoms with Crippen LogP contribution in [-0.2, 0) is 0 Å². The third kappa shape index (κ3) is 2.01. The van der Waals surface area contributed by atoms with E-state index in [0.29, 0.717) is 13.1 Å². The van der Waals surface area contributed by atoms with E-state index in [9.17, 15) is 9.18 Å². The largest absolute Gasteiger partial charge is 0.336 e. The van der Waals surface area contributed by atoms with Crippen molar-refractivity contribution in [3.05, 3.63) is 22.1 Å². The minimum absolute atomic E-state index is 0.0167. The summed E-state index contributed by atoms with van der Waals surface area (Å²) in [6.45, 7) is 3.12. The maximum Gasteiger partial charge on any atom is 0.267 e. The molecule has 0 aromatic carbocycles. The number of amides is 1. The van der Waals surface area contributed by atoms with Crippen LogP contribution < -0.4 is 0 Å². The molecule has 2 atom stereocenters. The molecule has 2 nitrogen and oxygen atoms in total. The molecule has 1 amide bonds. The van der Waals surface area contributed by atoms with Crippen LogP contribution in [0.1, 0.15) is 16.6 Å². The van der Waals surface area contributed by atoms with E-state index in [2.05, 4.69) is 0 Å². The maximum atomic E-state index is 13.2. The van der Waals surface area contributed by atoms with E-state index in [1.165, 1.54) is 6.07 Å². The number of rotatable bonds is 1. The third-order valence-corrected chi connectivity index (χ3v) is 4.06. The lowest BCUT2D eigenvalue weighted by Crippen LogP contribution is -2.28. The minimum Gasteiger partial charge on any atom is -0.336 e. The zero-order valence-corrected chi connectivity index (χ0v) is 9.82. The average molecular weight is 248 g/mol. The van der Waals surface area contributed by atoms with Gasteiger partial charge in [-0.1, -0.05) is 6.92 Å². The number of thiophene rings is 1. The van der Waals surface area contributed by atoms with Crippen molar-refractivity contribution >= 4 is 28.8 Å². The van der Waals surface area contributed by atoms with Gasteiger partial charge >= 0.3 is 0 Å². The summed E-state index contributed by atoms with van der Waals surface area (Å²) >= 11 is 7.16. The monoisotopic (exact) mass is 247 g/mol. The molecule has 15 heavy (non-hydrogen) atoms. The summed E-state index contributed by atoms with van der Waals surface area (Å²) in [4.78, 5) is 13.7. The third-order valence-electron chi connectivity index (χ3n) is 2.62. The SMILES string of the molecule is CC1CN(C(=O)c2sccc2F)CC1Cl. The Hall–Kier alpha value is -0.610. The van der Waals surface area contributed by atoms with Gasteiger partial charge < -0.3 is 4.90 Å². The van der Waals surface area contributed by atoms with Crippen molar-refractivity contribution in [1.82, 2.24) is 4.90 Å². The summed E-state index contributed by atoms with van der Waals surface area (Å²) in [7, 11) is 0. The highest BCUT2D eigenvalue weighted by atomic mass is 35.5. The van der Waals surface area contributed by atoms with Crippen LogP contribution in [0.3, 0.4) is 0 Å². The molecule has 1 saturated heterocycles. The number of nitrogens with zero attached hydrogens (tertiary/aromatic N) is 1. The Bertz CT molecular complexity index is 371. The van der Waals surface area contributed by atoms with Crippen molar-refractivity contribution in [1.29, 1.82) is 0 Å². The Labute approximate surface area is 96.6 Å². The van der Waals surface area contributed by atoms with Gasteiger partial charge in [-0.25, -0.2) is 4.39 Å². The van der Waals surface area contributed by atoms with Crippen molar-refractivity contribution in [2.24, 2.45) is 5.92 Å². The topological polar surface area (TPSA) is 20.3 Å². The predicted molar refractivity (Wildman–Crippen MR) is 59.0 cm³/mol. The molecule has 1 aromatic rings. The van der Waals surface area contributed by atoms with Gasteiger partial charge in [0, 0.05) is 13.1 Å². The van der Waals surface area contributed by atoms with Crippen LogP contribution in [-0.4, -0.2) is 29.3 Å². The highest BCUT2D eigenvalue weighted by Crippen LogP contribution is 2.25. The predicted octanol–water partition coefficient (Wildman–Crippen LogP) is 2.59. The number of carbonyl (C=O) groups excluding carboxylic acids is 1. The number of hydrogen-bond acceptors (Lipinski definition) is 2. The summed E-state index contributed by atoms with van der Waals surface area (Å²) in [5.74, 6) is -0.396. The summed E-state index contributed by atoms with van der Waals surface area (Å²) in [5, 5.41) is 1.57. The smallest absolute Gasteiger partial charge is 0.267 e. The van der Waals surface area contributed by atoms with Gasteiger partial charge in [-0.05, 0) is 17.4 Å². The Morgan fingerprint density at radius 2 is 2.40 bits per heavy atom. The van der Waals surface area contributed by atoms with Crippen molar-refractivity contribution in [2.75, 3.05) is 13.1 Å². The van der Waals surface area contributed by atoms with E-state index in [1.54, 1.807) is 10.3 Å². The molecule has 2 unspecified atom stereocenters. The molecule has 1 fully saturated rings. The lowest BCUT2D eigenvalue weighted by Gasteiger charge is -2.14. The molecule has 1 aliphatic heterocycles. The van der Waals surface area contributed by atoms with Crippen molar-refractivity contribution in [3.8, 4) is 0 Å². The Morgan fingerprint density at radius 1 is 1.67 bits per heavy atom. The Balaban J connectivity index is 2.13. The van der Waals surface area contributed by atoms with E-state index in [1.807, 2.05) is 6.92 Å². The number of carbonyl (C=O) groups is 1. The molecular formula is C10H11ClFNOS. The van der Waals surface area contributed by atoms with Gasteiger partial charge in [0.05, 0.1) is 5.38 Å². The molecule has 82 valence electrons. The highest BCUT2D eigenvalue weighted by Gasteiger charge is 2.32. The lowest BCUT2D eigenvalue weighted by atomic mass is 10.2. The van der Waals surface area contributed by atoms with Crippen LogP contribution in [0.25, 0.3) is 0 Å². The van der Waals surface area contributed by atoms with Gasteiger partial charge in [-0.15, -0.1) is 22.9 Å². The van der Waals surface area contributed by atoms with Crippen LogP contribution in [0.15, 0.2) is 11.4 Å². The van der Waals surface area contributed by atoms with Gasteiger partial charge in [0.15, 0.2) is 0 Å². The van der Waals surface area contributed by atoms with Crippen LogP contribution in [0, 0.1) is 11.7 Å². The molecule has 1 aromatic heterocycles. The van der Waals surface area contributed by atoms with Crippen LogP contribution in [0.2, 0.25) is 0 Å². The van der Waals surface area contributed by atoms with Gasteiger partial charge in [0.25, 0.3) is 5.91 Å². The Kier molecular flexibility index (Phi) is 2.98. The average Bonchev–Trinajstić information content (AvgIpc) is 2.74. The molecule has 5 heteroatoms. The first kappa shape index (κ1) is 10.9. The fraction of sp³-hybridized carbons (Fsp3) is 0.500. The van der Waals surface area contributed by atoms with Crippen molar-refractivity contribution < 1.29 is 9.18 Å².